The van der Waals surface area contributed by atoms with E-state index in [1.807, 2.05) is 6.92 Å². The van der Waals surface area contributed by atoms with Crippen molar-refractivity contribution in [1.29, 1.82) is 0 Å². The van der Waals surface area contributed by atoms with Gasteiger partial charge in [-0.25, -0.2) is 28.1 Å². The van der Waals surface area contributed by atoms with Crippen LogP contribution in [0.4, 0.5) is 0 Å². The number of carbonyl (C=O) groups excluding carboxylic acids is 1. The lowest BCUT2D eigenvalue weighted by Gasteiger charge is -2.09. The van der Waals surface area contributed by atoms with Gasteiger partial charge < -0.3 is 4.57 Å². The maximum atomic E-state index is 12.7. The number of rotatable bonds is 5. The van der Waals surface area contributed by atoms with Crippen LogP contribution >= 0.6 is 23.2 Å². The maximum Gasteiger partial charge on any atom is 0.283 e. The summed E-state index contributed by atoms with van der Waals surface area (Å²) in [6, 6.07) is 10.8. The van der Waals surface area contributed by atoms with Gasteiger partial charge in [0.15, 0.2) is 5.65 Å². The number of nitrogens with zero attached hydrogens (tertiary/aromatic N) is 4. The van der Waals surface area contributed by atoms with Gasteiger partial charge in [0, 0.05) is 11.8 Å². The molecule has 0 aliphatic heterocycles. The Morgan fingerprint density at radius 1 is 1.06 bits per heavy atom. The number of halogens is 2. The highest BCUT2D eigenvalue weighted by atomic mass is 35.5. The number of imidazole rings is 1. The highest BCUT2D eigenvalue weighted by molar-refractivity contribution is 7.90. The Bertz CT molecular complexity index is 1450. The zero-order valence-corrected chi connectivity index (χ0v) is 19.3. The van der Waals surface area contributed by atoms with Crippen molar-refractivity contribution < 1.29 is 13.2 Å². The Labute approximate surface area is 194 Å². The predicted octanol–water partition coefficient (Wildman–Crippen LogP) is 3.92. The molecule has 0 unspecified atom stereocenters. The van der Waals surface area contributed by atoms with Crippen LogP contribution in [-0.4, -0.2) is 33.8 Å². The molecule has 3 aromatic heterocycles. The van der Waals surface area contributed by atoms with Crippen LogP contribution in [0.3, 0.4) is 0 Å². The SMILES string of the molecule is Cc1ccc(S(=O)(=O)NC(=O)c2ccc3nc(C)n(Cc4cnc(Cl)cc4Cl)c3n2)cc1. The Balaban J connectivity index is 1.66. The fourth-order valence-electron chi connectivity index (χ4n) is 3.10. The lowest BCUT2D eigenvalue weighted by Crippen LogP contribution is -2.31. The van der Waals surface area contributed by atoms with Gasteiger partial charge in [-0.1, -0.05) is 40.9 Å². The van der Waals surface area contributed by atoms with Gasteiger partial charge in [0.2, 0.25) is 0 Å². The smallest absolute Gasteiger partial charge is 0.283 e. The van der Waals surface area contributed by atoms with Crippen molar-refractivity contribution in [2.75, 3.05) is 0 Å². The third kappa shape index (κ3) is 4.45. The molecule has 0 fully saturated rings. The normalized spacial score (nSPS) is 11.6. The molecule has 0 aliphatic carbocycles. The predicted molar refractivity (Wildman–Crippen MR) is 121 cm³/mol. The Morgan fingerprint density at radius 3 is 2.47 bits per heavy atom. The minimum absolute atomic E-state index is 0.0108. The number of pyridine rings is 2. The highest BCUT2D eigenvalue weighted by Gasteiger charge is 2.21. The van der Waals surface area contributed by atoms with Gasteiger partial charge >= 0.3 is 0 Å². The number of carbonyl (C=O) groups is 1. The van der Waals surface area contributed by atoms with E-state index in [9.17, 15) is 13.2 Å². The molecule has 0 bridgehead atoms. The molecule has 0 saturated heterocycles. The summed E-state index contributed by atoms with van der Waals surface area (Å²) in [5.74, 6) is -0.201. The van der Waals surface area contributed by atoms with E-state index in [4.69, 9.17) is 23.2 Å². The summed E-state index contributed by atoms with van der Waals surface area (Å²) < 4.78 is 28.9. The molecule has 164 valence electrons. The third-order valence-electron chi connectivity index (χ3n) is 4.80. The molecule has 3 heterocycles. The number of benzene rings is 1. The molecule has 11 heteroatoms. The van der Waals surface area contributed by atoms with Crippen LogP contribution in [0, 0.1) is 13.8 Å². The van der Waals surface area contributed by atoms with E-state index in [2.05, 4.69) is 19.7 Å². The second-order valence-corrected chi connectivity index (χ2v) is 9.61. The van der Waals surface area contributed by atoms with E-state index >= 15 is 0 Å². The third-order valence-corrected chi connectivity index (χ3v) is 6.70. The molecular formula is C21H17Cl2N5O3S. The van der Waals surface area contributed by atoms with E-state index in [1.54, 1.807) is 35.9 Å². The minimum Gasteiger partial charge on any atom is -0.308 e. The molecule has 0 saturated carbocycles. The largest absolute Gasteiger partial charge is 0.308 e. The zero-order chi connectivity index (χ0) is 23.0. The number of hydrogen-bond donors (Lipinski definition) is 1. The molecule has 32 heavy (non-hydrogen) atoms. The molecule has 1 N–H and O–H groups in total. The van der Waals surface area contributed by atoms with Crippen LogP contribution in [0.25, 0.3) is 11.2 Å². The summed E-state index contributed by atoms with van der Waals surface area (Å²) in [7, 11) is -4.04. The summed E-state index contributed by atoms with van der Waals surface area (Å²) in [6.45, 7) is 3.93. The van der Waals surface area contributed by atoms with Gasteiger partial charge in [-0.05, 0) is 44.2 Å². The summed E-state index contributed by atoms with van der Waals surface area (Å²) in [6.07, 6.45) is 1.56. The zero-order valence-electron chi connectivity index (χ0n) is 17.0. The summed E-state index contributed by atoms with van der Waals surface area (Å²) in [4.78, 5) is 25.5. The summed E-state index contributed by atoms with van der Waals surface area (Å²) in [5, 5.41) is 0.710. The average Bonchev–Trinajstić information content (AvgIpc) is 3.04. The minimum atomic E-state index is -4.04. The number of amides is 1. The van der Waals surface area contributed by atoms with Gasteiger partial charge in [-0.2, -0.15) is 0 Å². The quantitative estimate of drug-likeness (QED) is 0.425. The number of sulfonamides is 1. The molecule has 1 amide bonds. The molecule has 4 aromatic rings. The Morgan fingerprint density at radius 2 is 1.78 bits per heavy atom. The first kappa shape index (κ1) is 22.2. The van der Waals surface area contributed by atoms with Gasteiger partial charge in [-0.15, -0.1) is 0 Å². The number of aryl methyl sites for hydroxylation is 2. The van der Waals surface area contributed by atoms with Crippen molar-refractivity contribution in [1.82, 2.24) is 24.2 Å². The van der Waals surface area contributed by atoms with Crippen molar-refractivity contribution in [2.24, 2.45) is 0 Å². The van der Waals surface area contributed by atoms with Gasteiger partial charge in [0.25, 0.3) is 15.9 Å². The molecule has 1 aromatic carbocycles. The highest BCUT2D eigenvalue weighted by Crippen LogP contribution is 2.23. The molecule has 0 spiro atoms. The van der Waals surface area contributed by atoms with Crippen LogP contribution in [0.5, 0.6) is 0 Å². The van der Waals surface area contributed by atoms with Crippen LogP contribution in [-0.2, 0) is 16.6 Å². The van der Waals surface area contributed by atoms with E-state index in [-0.39, 0.29) is 15.7 Å². The standard InChI is InChI=1S/C21H17Cl2N5O3S/c1-12-3-5-15(6-4-12)32(30,31)27-21(29)18-8-7-17-20(26-18)28(13(2)25-17)11-14-10-24-19(23)9-16(14)22/h3-10H,11H2,1-2H3,(H,27,29). The molecule has 0 aliphatic rings. The molecule has 0 atom stereocenters. The molecular weight excluding hydrogens is 473 g/mol. The van der Waals surface area contributed by atoms with Gasteiger partial charge in [0.1, 0.15) is 22.2 Å². The van der Waals surface area contributed by atoms with Gasteiger partial charge in [-0.3, -0.25) is 4.79 Å². The first-order valence-corrected chi connectivity index (χ1v) is 11.7. The summed E-state index contributed by atoms with van der Waals surface area (Å²) >= 11 is 12.1. The van der Waals surface area contributed by atoms with Crippen LogP contribution < -0.4 is 4.72 Å². The van der Waals surface area contributed by atoms with Crippen molar-refractivity contribution >= 4 is 50.3 Å². The molecule has 8 nitrogen and oxygen atoms in total. The topological polar surface area (TPSA) is 107 Å². The van der Waals surface area contributed by atoms with Crippen LogP contribution in [0.2, 0.25) is 10.2 Å². The van der Waals surface area contributed by atoms with Crippen molar-refractivity contribution in [3.8, 4) is 0 Å². The first-order valence-electron chi connectivity index (χ1n) is 9.41. The fraction of sp³-hybridized carbons (Fsp3) is 0.143. The lowest BCUT2D eigenvalue weighted by atomic mass is 10.2. The van der Waals surface area contributed by atoms with E-state index in [0.29, 0.717) is 34.1 Å². The number of nitrogens with one attached hydrogen (secondary N) is 1. The van der Waals surface area contributed by atoms with Crippen molar-refractivity contribution in [3.05, 3.63) is 81.5 Å². The maximum absolute atomic E-state index is 12.7. The Kier molecular flexibility index (Phi) is 5.89. The second-order valence-electron chi connectivity index (χ2n) is 7.13. The number of hydrogen-bond acceptors (Lipinski definition) is 6. The number of aromatic nitrogens is 4. The van der Waals surface area contributed by atoms with Crippen LogP contribution in [0.15, 0.2) is 53.6 Å². The summed E-state index contributed by atoms with van der Waals surface area (Å²) in [5.41, 5.74) is 2.50. The Hall–Kier alpha value is -3.01. The number of fused-ring (bicyclic) bond motifs is 1. The monoisotopic (exact) mass is 489 g/mol. The van der Waals surface area contributed by atoms with Crippen molar-refractivity contribution in [3.63, 3.8) is 0 Å². The molecule has 4 rings (SSSR count). The second kappa shape index (κ2) is 8.50. The van der Waals surface area contributed by atoms with Gasteiger partial charge in [0.05, 0.1) is 16.5 Å². The van der Waals surface area contributed by atoms with E-state index in [1.165, 1.54) is 24.3 Å². The van der Waals surface area contributed by atoms with E-state index < -0.39 is 15.9 Å². The van der Waals surface area contributed by atoms with Crippen LogP contribution in [0.1, 0.15) is 27.4 Å². The fourth-order valence-corrected chi connectivity index (χ4v) is 4.49. The van der Waals surface area contributed by atoms with Crippen molar-refractivity contribution in [2.45, 2.75) is 25.3 Å². The van der Waals surface area contributed by atoms with E-state index in [0.717, 1.165) is 5.56 Å². The molecule has 0 radical (unpaired) electrons. The average molecular weight is 490 g/mol. The lowest BCUT2D eigenvalue weighted by molar-refractivity contribution is 0.0977. The first-order chi connectivity index (χ1) is 15.1.